The van der Waals surface area contributed by atoms with Gasteiger partial charge >= 0.3 is 0 Å². The van der Waals surface area contributed by atoms with Gasteiger partial charge in [-0.1, -0.05) is 35.0 Å². The molecule has 0 unspecified atom stereocenters. The number of hydrogen-bond donors (Lipinski definition) is 0. The molecule has 29 heavy (non-hydrogen) atoms. The SMILES string of the molecule is COc1ccccc1CN(C)C(=O)c1cc(COc2ccc(Cl)cc2OC)on1. The lowest BCUT2D eigenvalue weighted by molar-refractivity contribution is 0.0773. The number of para-hydroxylation sites is 1. The number of rotatable bonds is 8. The summed E-state index contributed by atoms with van der Waals surface area (Å²) in [5.41, 5.74) is 1.09. The van der Waals surface area contributed by atoms with Crippen LogP contribution < -0.4 is 14.2 Å². The zero-order valence-corrected chi connectivity index (χ0v) is 17.1. The van der Waals surface area contributed by atoms with E-state index in [4.69, 9.17) is 30.3 Å². The minimum atomic E-state index is -0.269. The number of aromatic nitrogens is 1. The summed E-state index contributed by atoms with van der Waals surface area (Å²) in [4.78, 5) is 14.2. The maximum Gasteiger partial charge on any atom is 0.276 e. The first-order chi connectivity index (χ1) is 14.0. The number of nitrogens with zero attached hydrogens (tertiary/aromatic N) is 2. The number of hydrogen-bond acceptors (Lipinski definition) is 6. The molecule has 0 saturated heterocycles. The normalized spacial score (nSPS) is 10.5. The molecule has 0 fully saturated rings. The molecule has 7 nitrogen and oxygen atoms in total. The van der Waals surface area contributed by atoms with Crippen molar-refractivity contribution in [1.82, 2.24) is 10.1 Å². The monoisotopic (exact) mass is 416 g/mol. The minimum Gasteiger partial charge on any atom is -0.496 e. The van der Waals surface area contributed by atoms with E-state index in [1.807, 2.05) is 24.3 Å². The minimum absolute atomic E-state index is 0.0918. The first kappa shape index (κ1) is 20.5. The van der Waals surface area contributed by atoms with Crippen LogP contribution in [0.3, 0.4) is 0 Å². The van der Waals surface area contributed by atoms with Gasteiger partial charge in [0.05, 0.1) is 14.2 Å². The third kappa shape index (κ3) is 5.00. The van der Waals surface area contributed by atoms with Crippen LogP contribution in [0.2, 0.25) is 5.02 Å². The van der Waals surface area contributed by atoms with E-state index >= 15 is 0 Å². The summed E-state index contributed by atoms with van der Waals surface area (Å²) in [5, 5.41) is 4.40. The second-order valence-corrected chi connectivity index (χ2v) is 6.67. The van der Waals surface area contributed by atoms with Crippen molar-refractivity contribution in [3.05, 3.63) is 70.6 Å². The highest BCUT2D eigenvalue weighted by Gasteiger charge is 2.19. The topological polar surface area (TPSA) is 74.0 Å². The summed E-state index contributed by atoms with van der Waals surface area (Å²) in [5.74, 6) is 1.88. The molecule has 0 spiro atoms. The third-order valence-corrected chi connectivity index (χ3v) is 4.46. The zero-order valence-electron chi connectivity index (χ0n) is 16.3. The third-order valence-electron chi connectivity index (χ3n) is 4.22. The molecule has 0 aliphatic carbocycles. The summed E-state index contributed by atoms with van der Waals surface area (Å²) >= 11 is 5.94. The summed E-state index contributed by atoms with van der Waals surface area (Å²) in [6, 6.07) is 14.1. The molecule has 0 saturated carbocycles. The quantitative estimate of drug-likeness (QED) is 0.548. The highest BCUT2D eigenvalue weighted by molar-refractivity contribution is 6.30. The lowest BCUT2D eigenvalue weighted by Gasteiger charge is -2.17. The second kappa shape index (κ2) is 9.34. The standard InChI is InChI=1S/C21H21ClN2O5/c1-24(12-14-6-4-5-7-18(14)26-2)21(25)17-11-16(29-23-17)13-28-19-9-8-15(22)10-20(19)27-3/h4-11H,12-13H2,1-3H3. The lowest BCUT2D eigenvalue weighted by atomic mass is 10.2. The first-order valence-corrected chi connectivity index (χ1v) is 9.19. The number of carbonyl (C=O) groups excluding carboxylic acids is 1. The molecule has 152 valence electrons. The Hall–Kier alpha value is -3.19. The molecule has 0 aliphatic rings. The van der Waals surface area contributed by atoms with Crippen LogP contribution in [0.15, 0.2) is 53.1 Å². The molecule has 3 aromatic rings. The fraction of sp³-hybridized carbons (Fsp3) is 0.238. The van der Waals surface area contributed by atoms with Gasteiger partial charge in [0.2, 0.25) is 0 Å². The average Bonchev–Trinajstić information content (AvgIpc) is 3.21. The molecular formula is C21H21ClN2O5. The van der Waals surface area contributed by atoms with Crippen LogP contribution in [0, 0.1) is 0 Å². The van der Waals surface area contributed by atoms with Crippen molar-refractivity contribution >= 4 is 17.5 Å². The number of carbonyl (C=O) groups is 1. The molecule has 1 heterocycles. The highest BCUT2D eigenvalue weighted by atomic mass is 35.5. The second-order valence-electron chi connectivity index (χ2n) is 6.24. The van der Waals surface area contributed by atoms with E-state index in [0.717, 1.165) is 11.3 Å². The first-order valence-electron chi connectivity index (χ1n) is 8.81. The largest absolute Gasteiger partial charge is 0.496 e. The van der Waals surface area contributed by atoms with Crippen molar-refractivity contribution in [2.75, 3.05) is 21.3 Å². The Bertz CT molecular complexity index is 989. The Balaban J connectivity index is 1.64. The van der Waals surface area contributed by atoms with E-state index in [1.165, 1.54) is 7.11 Å². The summed E-state index contributed by atoms with van der Waals surface area (Å²) in [6.07, 6.45) is 0. The van der Waals surface area contributed by atoms with Crippen molar-refractivity contribution in [1.29, 1.82) is 0 Å². The van der Waals surface area contributed by atoms with Gasteiger partial charge in [0.1, 0.15) is 12.4 Å². The predicted molar refractivity (Wildman–Crippen MR) is 108 cm³/mol. The molecule has 2 aromatic carbocycles. The fourth-order valence-corrected chi connectivity index (χ4v) is 2.91. The molecule has 1 aromatic heterocycles. The van der Waals surface area contributed by atoms with Crippen molar-refractivity contribution in [2.24, 2.45) is 0 Å². The van der Waals surface area contributed by atoms with Gasteiger partial charge in [-0.2, -0.15) is 0 Å². The Labute approximate surface area is 173 Å². The van der Waals surface area contributed by atoms with E-state index in [1.54, 1.807) is 43.3 Å². The van der Waals surface area contributed by atoms with Gasteiger partial charge in [-0.05, 0) is 18.2 Å². The van der Waals surface area contributed by atoms with Gasteiger partial charge in [0, 0.05) is 36.3 Å². The maximum atomic E-state index is 12.7. The van der Waals surface area contributed by atoms with Crippen molar-refractivity contribution in [3.63, 3.8) is 0 Å². The van der Waals surface area contributed by atoms with Gasteiger partial charge in [-0.3, -0.25) is 4.79 Å². The van der Waals surface area contributed by atoms with Crippen LogP contribution in [-0.4, -0.2) is 37.2 Å². The van der Waals surface area contributed by atoms with Crippen LogP contribution >= 0.6 is 11.6 Å². The molecule has 0 bridgehead atoms. The lowest BCUT2D eigenvalue weighted by Crippen LogP contribution is -2.26. The fourth-order valence-electron chi connectivity index (χ4n) is 2.75. The molecular weight excluding hydrogens is 396 g/mol. The van der Waals surface area contributed by atoms with Crippen molar-refractivity contribution in [3.8, 4) is 17.2 Å². The Morgan fingerprint density at radius 2 is 1.83 bits per heavy atom. The summed E-state index contributed by atoms with van der Waals surface area (Å²) in [6.45, 7) is 0.470. The number of amides is 1. The van der Waals surface area contributed by atoms with Gasteiger partial charge in [-0.15, -0.1) is 0 Å². The summed E-state index contributed by atoms with van der Waals surface area (Å²) in [7, 11) is 4.82. The number of benzene rings is 2. The number of halogens is 1. The van der Waals surface area contributed by atoms with Crippen molar-refractivity contribution < 1.29 is 23.5 Å². The summed E-state index contributed by atoms with van der Waals surface area (Å²) < 4.78 is 21.5. The molecule has 1 amide bonds. The number of ether oxygens (including phenoxy) is 3. The van der Waals surface area contributed by atoms with Crippen LogP contribution in [0.1, 0.15) is 21.8 Å². The molecule has 0 radical (unpaired) electrons. The van der Waals surface area contributed by atoms with E-state index in [9.17, 15) is 4.79 Å². The van der Waals surface area contributed by atoms with Gasteiger partial charge in [0.25, 0.3) is 5.91 Å². The average molecular weight is 417 g/mol. The molecule has 3 rings (SSSR count). The Morgan fingerprint density at radius 1 is 1.07 bits per heavy atom. The van der Waals surface area contributed by atoms with Gasteiger partial charge in [0.15, 0.2) is 23.0 Å². The maximum absolute atomic E-state index is 12.7. The Morgan fingerprint density at radius 3 is 2.59 bits per heavy atom. The van der Waals surface area contributed by atoms with E-state index in [2.05, 4.69) is 5.16 Å². The van der Waals surface area contributed by atoms with Gasteiger partial charge < -0.3 is 23.6 Å². The smallest absolute Gasteiger partial charge is 0.276 e. The van der Waals surface area contributed by atoms with Gasteiger partial charge in [-0.25, -0.2) is 0 Å². The molecule has 0 N–H and O–H groups in total. The van der Waals surface area contributed by atoms with Crippen LogP contribution in [-0.2, 0) is 13.2 Å². The highest BCUT2D eigenvalue weighted by Crippen LogP contribution is 2.30. The van der Waals surface area contributed by atoms with E-state index in [0.29, 0.717) is 28.8 Å². The molecule has 8 heteroatoms. The predicted octanol–water partition coefficient (Wildman–Crippen LogP) is 4.20. The van der Waals surface area contributed by atoms with E-state index < -0.39 is 0 Å². The van der Waals surface area contributed by atoms with Crippen LogP contribution in [0.25, 0.3) is 0 Å². The van der Waals surface area contributed by atoms with Crippen LogP contribution in [0.5, 0.6) is 17.2 Å². The van der Waals surface area contributed by atoms with E-state index in [-0.39, 0.29) is 18.2 Å². The Kier molecular flexibility index (Phi) is 6.61. The number of methoxy groups -OCH3 is 2. The van der Waals surface area contributed by atoms with Crippen molar-refractivity contribution in [2.45, 2.75) is 13.2 Å². The molecule has 0 atom stereocenters. The zero-order chi connectivity index (χ0) is 20.8. The van der Waals surface area contributed by atoms with Crippen LogP contribution in [0.4, 0.5) is 0 Å². The molecule has 0 aliphatic heterocycles.